The Hall–Kier alpha value is -2.37. The van der Waals surface area contributed by atoms with Gasteiger partial charge in [-0.2, -0.15) is 5.10 Å². The van der Waals surface area contributed by atoms with Crippen LogP contribution in [0.1, 0.15) is 18.6 Å². The van der Waals surface area contributed by atoms with Gasteiger partial charge in [-0.3, -0.25) is 4.79 Å². The zero-order chi connectivity index (χ0) is 15.4. The first-order valence-corrected chi connectivity index (χ1v) is 6.82. The second-order valence-electron chi connectivity index (χ2n) is 5.01. The van der Waals surface area contributed by atoms with E-state index in [9.17, 15) is 4.79 Å². The maximum atomic E-state index is 12.2. The van der Waals surface area contributed by atoms with E-state index >= 15 is 0 Å². The monoisotopic (exact) mass is 288 g/mol. The first kappa shape index (κ1) is 15.0. The largest absolute Gasteiger partial charge is 0.497 e. The Labute approximate surface area is 124 Å². The van der Waals surface area contributed by atoms with Crippen molar-refractivity contribution in [3.05, 3.63) is 35.9 Å². The summed E-state index contributed by atoms with van der Waals surface area (Å²) in [4.78, 5) is 16.4. The molecule has 0 fully saturated rings. The van der Waals surface area contributed by atoms with Crippen LogP contribution in [-0.4, -0.2) is 27.8 Å². The van der Waals surface area contributed by atoms with Crippen molar-refractivity contribution < 1.29 is 9.53 Å². The van der Waals surface area contributed by atoms with Crippen LogP contribution in [0.15, 0.2) is 24.3 Å². The average Bonchev–Trinajstić information content (AvgIpc) is 2.77. The third kappa shape index (κ3) is 3.81. The van der Waals surface area contributed by atoms with Gasteiger partial charge in [0.1, 0.15) is 17.4 Å². The first-order chi connectivity index (χ1) is 9.99. The molecule has 0 spiro atoms. The van der Waals surface area contributed by atoms with Crippen LogP contribution in [-0.2, 0) is 11.3 Å². The molecule has 6 heteroatoms. The summed E-state index contributed by atoms with van der Waals surface area (Å²) in [6, 6.07) is 7.25. The fourth-order valence-corrected chi connectivity index (χ4v) is 2.02. The number of hydrogen-bond donors (Lipinski definition) is 1. The third-order valence-corrected chi connectivity index (χ3v) is 3.21. The van der Waals surface area contributed by atoms with Crippen molar-refractivity contribution in [2.75, 3.05) is 12.4 Å². The normalized spacial score (nSPS) is 12.0. The lowest BCUT2D eigenvalue weighted by molar-refractivity contribution is -0.119. The average molecular weight is 288 g/mol. The zero-order valence-corrected chi connectivity index (χ0v) is 12.8. The van der Waals surface area contributed by atoms with Crippen LogP contribution in [0.2, 0.25) is 0 Å². The number of carbonyl (C=O) groups is 1. The molecule has 1 heterocycles. The predicted molar refractivity (Wildman–Crippen MR) is 80.3 cm³/mol. The molecule has 21 heavy (non-hydrogen) atoms. The highest BCUT2D eigenvalue weighted by Gasteiger charge is 2.16. The van der Waals surface area contributed by atoms with E-state index in [1.807, 2.05) is 45.0 Å². The van der Waals surface area contributed by atoms with Gasteiger partial charge in [-0.15, -0.1) is 0 Å². The van der Waals surface area contributed by atoms with E-state index in [1.165, 1.54) is 0 Å². The van der Waals surface area contributed by atoms with E-state index < -0.39 is 0 Å². The molecule has 112 valence electrons. The maximum absolute atomic E-state index is 12.2. The van der Waals surface area contributed by atoms with Crippen molar-refractivity contribution >= 4 is 11.6 Å². The highest BCUT2D eigenvalue weighted by atomic mass is 16.5. The van der Waals surface area contributed by atoms with E-state index in [4.69, 9.17) is 4.74 Å². The summed E-state index contributed by atoms with van der Waals surface area (Å²) in [5.74, 6) is 2.04. The van der Waals surface area contributed by atoms with E-state index in [2.05, 4.69) is 15.4 Å². The fourth-order valence-electron chi connectivity index (χ4n) is 2.02. The Morgan fingerprint density at radius 2 is 2.00 bits per heavy atom. The van der Waals surface area contributed by atoms with Crippen LogP contribution >= 0.6 is 0 Å². The Morgan fingerprint density at radius 1 is 1.33 bits per heavy atom. The van der Waals surface area contributed by atoms with Gasteiger partial charge in [-0.05, 0) is 38.1 Å². The molecule has 1 atom stereocenters. The van der Waals surface area contributed by atoms with Crippen LogP contribution in [0.3, 0.4) is 0 Å². The summed E-state index contributed by atoms with van der Waals surface area (Å²) < 4.78 is 6.84. The molecule has 0 radical (unpaired) electrons. The molecule has 2 aromatic rings. The zero-order valence-electron chi connectivity index (χ0n) is 12.8. The van der Waals surface area contributed by atoms with Crippen LogP contribution in [0.5, 0.6) is 5.75 Å². The fraction of sp³-hybridized carbons (Fsp3) is 0.400. The Kier molecular flexibility index (Phi) is 4.57. The summed E-state index contributed by atoms with van der Waals surface area (Å²) in [6.45, 7) is 6.10. The molecule has 1 aromatic heterocycles. The lowest BCUT2D eigenvalue weighted by atomic mass is 10.1. The highest BCUT2D eigenvalue weighted by Crippen LogP contribution is 2.16. The van der Waals surface area contributed by atoms with Gasteiger partial charge in [0, 0.05) is 5.69 Å². The number of amides is 1. The van der Waals surface area contributed by atoms with Gasteiger partial charge < -0.3 is 10.1 Å². The molecule has 1 amide bonds. The van der Waals surface area contributed by atoms with E-state index in [0.717, 1.165) is 23.1 Å². The molecule has 1 N–H and O–H groups in total. The molecular formula is C15H20N4O2. The minimum atomic E-state index is -0.202. The maximum Gasteiger partial charge on any atom is 0.229 e. The number of nitrogens with zero attached hydrogens (tertiary/aromatic N) is 3. The number of aryl methyl sites for hydroxylation is 2. The van der Waals surface area contributed by atoms with Gasteiger partial charge in [0.25, 0.3) is 0 Å². The van der Waals surface area contributed by atoms with Gasteiger partial charge >= 0.3 is 0 Å². The number of carbonyl (C=O) groups excluding carboxylic acids is 1. The Morgan fingerprint density at radius 3 is 2.52 bits per heavy atom. The van der Waals surface area contributed by atoms with Crippen molar-refractivity contribution in [3.63, 3.8) is 0 Å². The number of nitrogens with one attached hydrogen (secondary N) is 1. The number of hydrogen-bond acceptors (Lipinski definition) is 4. The Bertz CT molecular complexity index is 619. The minimum absolute atomic E-state index is 0.0484. The molecule has 2 rings (SSSR count). The topological polar surface area (TPSA) is 69.0 Å². The van der Waals surface area contributed by atoms with Gasteiger partial charge in [-0.25, -0.2) is 9.67 Å². The number of aromatic nitrogens is 3. The number of ether oxygens (including phenoxy) is 1. The summed E-state index contributed by atoms with van der Waals surface area (Å²) in [5.41, 5.74) is 0.749. The third-order valence-electron chi connectivity index (χ3n) is 3.21. The number of anilines is 1. The summed E-state index contributed by atoms with van der Waals surface area (Å²) >= 11 is 0. The van der Waals surface area contributed by atoms with Crippen molar-refractivity contribution in [1.29, 1.82) is 0 Å². The molecule has 0 aliphatic rings. The molecule has 0 aliphatic heterocycles. The van der Waals surface area contributed by atoms with E-state index in [-0.39, 0.29) is 11.8 Å². The van der Waals surface area contributed by atoms with E-state index in [0.29, 0.717) is 6.54 Å². The predicted octanol–water partition coefficient (Wildman–Crippen LogP) is 2.18. The molecule has 0 aliphatic carbocycles. The number of benzene rings is 1. The van der Waals surface area contributed by atoms with Gasteiger partial charge in [0.15, 0.2) is 0 Å². The summed E-state index contributed by atoms with van der Waals surface area (Å²) in [6.07, 6.45) is 0. The minimum Gasteiger partial charge on any atom is -0.497 e. The quantitative estimate of drug-likeness (QED) is 0.915. The van der Waals surface area contributed by atoms with Crippen molar-refractivity contribution in [2.24, 2.45) is 5.92 Å². The standard InChI is InChI=1S/C15H20N4O2/c1-10(9-19-12(3)16-11(2)18-19)15(20)17-13-5-7-14(21-4)8-6-13/h5-8,10H,9H2,1-4H3,(H,17,20)/t10-/m0/s1. The molecule has 6 nitrogen and oxygen atoms in total. The molecule has 1 aromatic carbocycles. The van der Waals surface area contributed by atoms with Crippen LogP contribution in [0, 0.1) is 19.8 Å². The molecule has 0 saturated carbocycles. The molecule has 0 bridgehead atoms. The number of methoxy groups -OCH3 is 1. The molecular weight excluding hydrogens is 268 g/mol. The second-order valence-corrected chi connectivity index (χ2v) is 5.01. The first-order valence-electron chi connectivity index (χ1n) is 6.82. The van der Waals surface area contributed by atoms with Gasteiger partial charge in [0.2, 0.25) is 5.91 Å². The molecule has 0 saturated heterocycles. The lowest BCUT2D eigenvalue weighted by Gasteiger charge is -2.13. The van der Waals surface area contributed by atoms with Crippen LogP contribution in [0.25, 0.3) is 0 Å². The smallest absolute Gasteiger partial charge is 0.229 e. The van der Waals surface area contributed by atoms with Crippen LogP contribution in [0.4, 0.5) is 5.69 Å². The van der Waals surface area contributed by atoms with Crippen LogP contribution < -0.4 is 10.1 Å². The van der Waals surface area contributed by atoms with Gasteiger partial charge in [0.05, 0.1) is 19.6 Å². The molecule has 0 unspecified atom stereocenters. The van der Waals surface area contributed by atoms with Crippen molar-refractivity contribution in [3.8, 4) is 5.75 Å². The lowest BCUT2D eigenvalue weighted by Crippen LogP contribution is -2.25. The SMILES string of the molecule is COc1ccc(NC(=O)[C@@H](C)Cn2nc(C)nc2C)cc1. The second kappa shape index (κ2) is 6.39. The summed E-state index contributed by atoms with van der Waals surface area (Å²) in [7, 11) is 1.61. The van der Waals surface area contributed by atoms with Crippen molar-refractivity contribution in [1.82, 2.24) is 14.8 Å². The Balaban J connectivity index is 1.97. The van der Waals surface area contributed by atoms with E-state index in [1.54, 1.807) is 11.8 Å². The summed E-state index contributed by atoms with van der Waals surface area (Å²) in [5, 5.41) is 7.15. The highest BCUT2D eigenvalue weighted by molar-refractivity contribution is 5.92. The van der Waals surface area contributed by atoms with Gasteiger partial charge in [-0.1, -0.05) is 6.92 Å². The number of rotatable bonds is 5. The van der Waals surface area contributed by atoms with Crippen molar-refractivity contribution in [2.45, 2.75) is 27.3 Å².